The van der Waals surface area contributed by atoms with Crippen LogP contribution in [0.25, 0.3) is 0 Å². The van der Waals surface area contributed by atoms with Crippen LogP contribution < -0.4 is 0 Å². The molecule has 0 radical (unpaired) electrons. The van der Waals surface area contributed by atoms with Gasteiger partial charge in [0.05, 0.1) is 0 Å². The van der Waals surface area contributed by atoms with Gasteiger partial charge in [-0.25, -0.2) is 0 Å². The Morgan fingerprint density at radius 1 is 0.786 bits per heavy atom. The quantitative estimate of drug-likeness (QED) is 0.468. The van der Waals surface area contributed by atoms with Gasteiger partial charge in [0.1, 0.15) is 11.2 Å². The van der Waals surface area contributed by atoms with Gasteiger partial charge in [0.15, 0.2) is 0 Å². The van der Waals surface area contributed by atoms with Crippen LogP contribution in [0.15, 0.2) is 0 Å². The number of rotatable bonds is 0. The molecule has 0 amide bonds. The summed E-state index contributed by atoms with van der Waals surface area (Å²) < 4.78 is 5.38. The Bertz CT molecular complexity index is 288. The molecule has 0 saturated heterocycles. The van der Waals surface area contributed by atoms with Crippen molar-refractivity contribution in [3.05, 3.63) is 0 Å². The first kappa shape index (κ1) is 12.6. The average Bonchev–Trinajstić information content (AvgIpc) is 2.13. The molecule has 1 aliphatic carbocycles. The molecule has 1 fully saturated rings. The van der Waals surface area contributed by atoms with Gasteiger partial charge in [0.2, 0.25) is 0 Å². The van der Waals surface area contributed by atoms with Crippen molar-refractivity contribution >= 4 is 45.2 Å². The fourth-order valence-corrected chi connectivity index (χ4v) is 2.51. The molecule has 0 spiro atoms. The van der Waals surface area contributed by atoms with Crippen molar-refractivity contribution in [3.63, 3.8) is 0 Å². The molecule has 4 heteroatoms. The van der Waals surface area contributed by atoms with Crippen LogP contribution in [0.3, 0.4) is 0 Å². The van der Waals surface area contributed by atoms with Gasteiger partial charge < -0.3 is 10.2 Å². The van der Waals surface area contributed by atoms with Crippen LogP contribution in [0.5, 0.6) is 0 Å². The zero-order valence-electron chi connectivity index (χ0n) is 7.48. The van der Waals surface area contributed by atoms with Crippen molar-refractivity contribution in [1.82, 2.24) is 0 Å². The summed E-state index contributed by atoms with van der Waals surface area (Å²) in [7, 11) is 0. The molecule has 1 aliphatic rings. The van der Waals surface area contributed by atoms with Crippen molar-refractivity contribution in [1.29, 1.82) is 0 Å². The zero-order valence-corrected chi connectivity index (χ0v) is 11.8. The highest BCUT2D eigenvalue weighted by Gasteiger charge is 2.38. The topological polar surface area (TPSA) is 40.5 Å². The Labute approximate surface area is 111 Å². The summed E-state index contributed by atoms with van der Waals surface area (Å²) in [4.78, 5) is 0. The summed E-state index contributed by atoms with van der Waals surface area (Å²) in [6.07, 6.45) is 1.96. The summed E-state index contributed by atoms with van der Waals surface area (Å²) in [6.45, 7) is 0. The third-order valence-corrected chi connectivity index (χ3v) is 3.00. The molecule has 0 aromatic heterocycles. The van der Waals surface area contributed by atoms with Crippen molar-refractivity contribution in [3.8, 4) is 19.7 Å². The van der Waals surface area contributed by atoms with Gasteiger partial charge in [-0.15, -0.1) is 0 Å². The lowest BCUT2D eigenvalue weighted by molar-refractivity contribution is -0.0218. The second-order valence-corrected chi connectivity index (χ2v) is 4.58. The standard InChI is InChI=1S/C10H10I2O2/c11-7-5-9(13)1-2-10(14,4-3-9)6-8-12/h13-14H,1-4H2. The SMILES string of the molecule is OC1(C#CI)CCC(O)(C#CI)CC1. The molecule has 2 N–H and O–H groups in total. The minimum absolute atomic E-state index is 0.491. The third-order valence-electron chi connectivity index (χ3n) is 2.46. The molecule has 0 bridgehead atoms. The first-order valence-corrected chi connectivity index (χ1v) is 6.40. The van der Waals surface area contributed by atoms with Gasteiger partial charge in [-0.1, -0.05) is 11.8 Å². The fourth-order valence-electron chi connectivity index (χ4n) is 1.50. The molecule has 14 heavy (non-hydrogen) atoms. The van der Waals surface area contributed by atoms with Crippen molar-refractivity contribution in [2.75, 3.05) is 0 Å². The van der Waals surface area contributed by atoms with E-state index in [0.717, 1.165) is 0 Å². The van der Waals surface area contributed by atoms with Crippen LogP contribution in [0.2, 0.25) is 0 Å². The third kappa shape index (κ3) is 3.27. The van der Waals surface area contributed by atoms with E-state index in [4.69, 9.17) is 0 Å². The molecule has 0 aromatic carbocycles. The monoisotopic (exact) mass is 416 g/mol. The molecular formula is C10H10I2O2. The highest BCUT2D eigenvalue weighted by Crippen LogP contribution is 2.34. The summed E-state index contributed by atoms with van der Waals surface area (Å²) in [5.41, 5.74) is -1.83. The number of hydrogen-bond donors (Lipinski definition) is 2. The van der Waals surface area contributed by atoms with E-state index in [1.165, 1.54) is 0 Å². The van der Waals surface area contributed by atoms with Crippen molar-refractivity contribution in [2.24, 2.45) is 0 Å². The van der Waals surface area contributed by atoms with Crippen molar-refractivity contribution in [2.45, 2.75) is 36.9 Å². The smallest absolute Gasteiger partial charge is 0.126 e. The molecule has 76 valence electrons. The molecule has 0 aromatic rings. The molecule has 0 unspecified atom stereocenters. The predicted octanol–water partition coefficient (Wildman–Crippen LogP) is 1.81. The van der Waals surface area contributed by atoms with E-state index < -0.39 is 11.2 Å². The second-order valence-electron chi connectivity index (χ2n) is 3.50. The van der Waals surface area contributed by atoms with Crippen LogP contribution in [0, 0.1) is 19.7 Å². The summed E-state index contributed by atoms with van der Waals surface area (Å²) in [5.74, 6) is 5.54. The summed E-state index contributed by atoms with van der Waals surface area (Å²) in [6, 6.07) is 0. The van der Waals surface area contributed by atoms with Gasteiger partial charge in [-0.05, 0) is 33.5 Å². The maximum absolute atomic E-state index is 9.93. The van der Waals surface area contributed by atoms with E-state index in [-0.39, 0.29) is 0 Å². The Hall–Kier alpha value is 0.500. The van der Waals surface area contributed by atoms with Crippen LogP contribution in [0.1, 0.15) is 25.7 Å². The zero-order chi connectivity index (χ0) is 10.7. The Morgan fingerprint density at radius 3 is 1.29 bits per heavy atom. The lowest BCUT2D eigenvalue weighted by Gasteiger charge is -2.35. The Kier molecular flexibility index (Phi) is 4.51. The van der Waals surface area contributed by atoms with Crippen LogP contribution >= 0.6 is 45.2 Å². The molecule has 0 aliphatic heterocycles. The second kappa shape index (κ2) is 5.02. The van der Waals surface area contributed by atoms with E-state index in [1.807, 2.05) is 45.2 Å². The molecule has 0 heterocycles. The molecule has 1 rings (SSSR count). The van der Waals surface area contributed by atoms with Gasteiger partial charge in [-0.3, -0.25) is 0 Å². The Balaban J connectivity index is 2.67. The minimum atomic E-state index is -0.916. The number of aliphatic hydroxyl groups is 2. The van der Waals surface area contributed by atoms with E-state index in [1.54, 1.807) is 0 Å². The first-order valence-electron chi connectivity index (χ1n) is 4.24. The molecule has 1 saturated carbocycles. The Morgan fingerprint density at radius 2 is 1.07 bits per heavy atom. The molecule has 2 nitrogen and oxygen atoms in total. The van der Waals surface area contributed by atoms with Crippen molar-refractivity contribution < 1.29 is 10.2 Å². The summed E-state index contributed by atoms with van der Waals surface area (Å²) >= 11 is 3.82. The van der Waals surface area contributed by atoms with E-state index in [9.17, 15) is 10.2 Å². The van der Waals surface area contributed by atoms with E-state index in [2.05, 4.69) is 19.7 Å². The largest absolute Gasteiger partial charge is 0.378 e. The lowest BCUT2D eigenvalue weighted by Crippen LogP contribution is -2.41. The van der Waals surface area contributed by atoms with Crippen LogP contribution in [0.4, 0.5) is 0 Å². The first-order chi connectivity index (χ1) is 6.54. The van der Waals surface area contributed by atoms with Gasteiger partial charge in [-0.2, -0.15) is 0 Å². The highest BCUT2D eigenvalue weighted by molar-refractivity contribution is 14.1. The number of hydrogen-bond acceptors (Lipinski definition) is 2. The van der Waals surface area contributed by atoms with E-state index in [0.29, 0.717) is 25.7 Å². The molecule has 0 atom stereocenters. The van der Waals surface area contributed by atoms with E-state index >= 15 is 0 Å². The summed E-state index contributed by atoms with van der Waals surface area (Å²) in [5, 5.41) is 19.9. The lowest BCUT2D eigenvalue weighted by atomic mass is 9.77. The molecular weight excluding hydrogens is 406 g/mol. The van der Waals surface area contributed by atoms with Gasteiger partial charge in [0.25, 0.3) is 0 Å². The maximum atomic E-state index is 9.93. The maximum Gasteiger partial charge on any atom is 0.126 e. The minimum Gasteiger partial charge on any atom is -0.378 e. The normalized spacial score (nSPS) is 36.3. The van der Waals surface area contributed by atoms with Crippen LogP contribution in [-0.4, -0.2) is 21.4 Å². The number of halogens is 2. The van der Waals surface area contributed by atoms with Gasteiger partial charge in [0, 0.05) is 45.2 Å². The highest BCUT2D eigenvalue weighted by atomic mass is 127. The predicted molar refractivity (Wildman–Crippen MR) is 72.0 cm³/mol. The fraction of sp³-hybridized carbons (Fsp3) is 0.600. The average molecular weight is 416 g/mol. The van der Waals surface area contributed by atoms with Gasteiger partial charge >= 0.3 is 0 Å². The van der Waals surface area contributed by atoms with Crippen LogP contribution in [-0.2, 0) is 0 Å².